The minimum Gasteiger partial charge on any atom is -0.480 e. The molecular formula is C13H24N2O3. The number of urea groups is 1. The van der Waals surface area contributed by atoms with Crippen LogP contribution in [0, 0.1) is 5.92 Å². The van der Waals surface area contributed by atoms with Crippen molar-refractivity contribution in [3.05, 3.63) is 0 Å². The second-order valence-electron chi connectivity index (χ2n) is 5.24. The van der Waals surface area contributed by atoms with Crippen molar-refractivity contribution in [3.8, 4) is 0 Å². The molecule has 0 bridgehead atoms. The van der Waals surface area contributed by atoms with E-state index in [2.05, 4.69) is 12.2 Å². The van der Waals surface area contributed by atoms with Gasteiger partial charge in [-0.1, -0.05) is 20.3 Å². The lowest BCUT2D eigenvalue weighted by molar-refractivity contribution is -0.145. The predicted molar refractivity (Wildman–Crippen MR) is 69.4 cm³/mol. The van der Waals surface area contributed by atoms with Gasteiger partial charge in [0.15, 0.2) is 0 Å². The number of hydrogen-bond acceptors (Lipinski definition) is 2. The van der Waals surface area contributed by atoms with Crippen molar-refractivity contribution < 1.29 is 14.7 Å². The molecule has 0 radical (unpaired) electrons. The van der Waals surface area contributed by atoms with Crippen molar-refractivity contribution in [2.45, 2.75) is 58.5 Å². The second-order valence-corrected chi connectivity index (χ2v) is 5.24. The SMILES string of the molecule is CCCC(C)NC(=O)N1CCCC(C)C1C(=O)O. The minimum atomic E-state index is -0.902. The lowest BCUT2D eigenvalue weighted by atomic mass is 9.91. The van der Waals surface area contributed by atoms with Crippen LogP contribution in [0.25, 0.3) is 0 Å². The molecule has 1 heterocycles. The highest BCUT2D eigenvalue weighted by atomic mass is 16.4. The normalized spacial score (nSPS) is 25.6. The van der Waals surface area contributed by atoms with Crippen molar-refractivity contribution in [1.29, 1.82) is 0 Å². The van der Waals surface area contributed by atoms with Crippen LogP contribution >= 0.6 is 0 Å². The van der Waals surface area contributed by atoms with Crippen LogP contribution in [0.15, 0.2) is 0 Å². The summed E-state index contributed by atoms with van der Waals surface area (Å²) in [7, 11) is 0. The van der Waals surface area contributed by atoms with E-state index in [0.717, 1.165) is 25.7 Å². The molecule has 1 aliphatic rings. The monoisotopic (exact) mass is 256 g/mol. The maximum absolute atomic E-state index is 12.1. The maximum Gasteiger partial charge on any atom is 0.326 e. The number of carbonyl (C=O) groups is 2. The molecule has 0 aromatic heterocycles. The first-order valence-electron chi connectivity index (χ1n) is 6.77. The molecule has 2 amide bonds. The van der Waals surface area contributed by atoms with Crippen LogP contribution in [0.3, 0.4) is 0 Å². The second kappa shape index (κ2) is 6.61. The summed E-state index contributed by atoms with van der Waals surface area (Å²) in [4.78, 5) is 24.8. The number of rotatable bonds is 4. The Morgan fingerprint density at radius 1 is 1.50 bits per heavy atom. The molecule has 2 N–H and O–H groups in total. The number of nitrogens with zero attached hydrogens (tertiary/aromatic N) is 1. The first kappa shape index (κ1) is 14.8. The van der Waals surface area contributed by atoms with E-state index in [1.807, 2.05) is 13.8 Å². The number of carboxylic acids is 1. The Balaban J connectivity index is 2.66. The number of amides is 2. The topological polar surface area (TPSA) is 69.6 Å². The van der Waals surface area contributed by atoms with Crippen LogP contribution in [0.4, 0.5) is 4.79 Å². The number of aliphatic carboxylic acids is 1. The Hall–Kier alpha value is -1.26. The first-order valence-corrected chi connectivity index (χ1v) is 6.77. The summed E-state index contributed by atoms with van der Waals surface area (Å²) >= 11 is 0. The summed E-state index contributed by atoms with van der Waals surface area (Å²) in [6, 6.07) is -0.836. The smallest absolute Gasteiger partial charge is 0.326 e. The van der Waals surface area contributed by atoms with Crippen molar-refractivity contribution in [2.24, 2.45) is 5.92 Å². The average molecular weight is 256 g/mol. The van der Waals surface area contributed by atoms with E-state index in [4.69, 9.17) is 0 Å². The van der Waals surface area contributed by atoms with Crippen LogP contribution in [0.2, 0.25) is 0 Å². The molecular weight excluding hydrogens is 232 g/mol. The van der Waals surface area contributed by atoms with Gasteiger partial charge >= 0.3 is 12.0 Å². The summed E-state index contributed by atoms with van der Waals surface area (Å²) in [6.45, 7) is 6.44. The molecule has 3 unspecified atom stereocenters. The Morgan fingerprint density at radius 2 is 2.17 bits per heavy atom. The fraction of sp³-hybridized carbons (Fsp3) is 0.846. The van der Waals surface area contributed by atoms with Gasteiger partial charge in [-0.15, -0.1) is 0 Å². The number of hydrogen-bond donors (Lipinski definition) is 2. The molecule has 5 heteroatoms. The lowest BCUT2D eigenvalue weighted by Gasteiger charge is -2.37. The molecule has 0 spiro atoms. The van der Waals surface area contributed by atoms with E-state index < -0.39 is 12.0 Å². The third-order valence-corrected chi connectivity index (χ3v) is 3.54. The molecule has 3 atom stereocenters. The van der Waals surface area contributed by atoms with Gasteiger partial charge in [0.1, 0.15) is 6.04 Å². The number of carbonyl (C=O) groups excluding carboxylic acids is 1. The number of piperidine rings is 1. The van der Waals surface area contributed by atoms with Crippen LogP contribution in [-0.2, 0) is 4.79 Å². The number of carboxylic acid groups (broad SMARTS) is 1. The number of nitrogens with one attached hydrogen (secondary N) is 1. The van der Waals surface area contributed by atoms with Crippen LogP contribution in [0.5, 0.6) is 0 Å². The highest BCUT2D eigenvalue weighted by molar-refractivity contribution is 5.83. The van der Waals surface area contributed by atoms with Gasteiger partial charge in [-0.05, 0) is 32.1 Å². The van der Waals surface area contributed by atoms with Gasteiger partial charge in [-0.2, -0.15) is 0 Å². The molecule has 1 aliphatic heterocycles. The Bertz CT molecular complexity index is 307. The van der Waals surface area contributed by atoms with Gasteiger partial charge in [0.25, 0.3) is 0 Å². The van der Waals surface area contributed by atoms with Crippen molar-refractivity contribution in [2.75, 3.05) is 6.54 Å². The third-order valence-electron chi connectivity index (χ3n) is 3.54. The quantitative estimate of drug-likeness (QED) is 0.809. The third kappa shape index (κ3) is 3.62. The Kier molecular flexibility index (Phi) is 5.44. The van der Waals surface area contributed by atoms with Crippen LogP contribution in [0.1, 0.15) is 46.5 Å². The number of likely N-dealkylation sites (tertiary alicyclic amines) is 1. The predicted octanol–water partition coefficient (Wildman–Crippen LogP) is 2.07. The first-order chi connectivity index (χ1) is 8.47. The highest BCUT2D eigenvalue weighted by Crippen LogP contribution is 2.23. The molecule has 0 saturated carbocycles. The minimum absolute atomic E-state index is 0.0171. The van der Waals surface area contributed by atoms with Gasteiger partial charge in [0, 0.05) is 12.6 Å². The van der Waals surface area contributed by atoms with Crippen LogP contribution < -0.4 is 5.32 Å². The van der Waals surface area contributed by atoms with E-state index in [1.54, 1.807) is 0 Å². The average Bonchev–Trinajstić information content (AvgIpc) is 2.28. The van der Waals surface area contributed by atoms with Crippen molar-refractivity contribution >= 4 is 12.0 Å². The molecule has 0 aromatic rings. The molecule has 1 fully saturated rings. The fourth-order valence-corrected chi connectivity index (χ4v) is 2.59. The van der Waals surface area contributed by atoms with Crippen molar-refractivity contribution in [1.82, 2.24) is 10.2 Å². The van der Waals surface area contributed by atoms with E-state index in [0.29, 0.717) is 6.54 Å². The van der Waals surface area contributed by atoms with E-state index >= 15 is 0 Å². The molecule has 5 nitrogen and oxygen atoms in total. The van der Waals surface area contributed by atoms with E-state index in [-0.39, 0.29) is 18.0 Å². The fourth-order valence-electron chi connectivity index (χ4n) is 2.59. The van der Waals surface area contributed by atoms with Crippen molar-refractivity contribution in [3.63, 3.8) is 0 Å². The Morgan fingerprint density at radius 3 is 2.72 bits per heavy atom. The van der Waals surface area contributed by atoms with E-state index in [1.165, 1.54) is 4.90 Å². The van der Waals surface area contributed by atoms with Gasteiger partial charge in [-0.25, -0.2) is 9.59 Å². The van der Waals surface area contributed by atoms with Gasteiger partial charge in [-0.3, -0.25) is 0 Å². The van der Waals surface area contributed by atoms with Gasteiger partial charge in [0.05, 0.1) is 0 Å². The zero-order valence-corrected chi connectivity index (χ0v) is 11.5. The van der Waals surface area contributed by atoms with E-state index in [9.17, 15) is 14.7 Å². The van der Waals surface area contributed by atoms with Gasteiger partial charge in [0.2, 0.25) is 0 Å². The molecule has 104 valence electrons. The summed E-state index contributed by atoms with van der Waals surface area (Å²) in [5.41, 5.74) is 0. The lowest BCUT2D eigenvalue weighted by Crippen LogP contribution is -2.56. The largest absolute Gasteiger partial charge is 0.480 e. The van der Waals surface area contributed by atoms with Gasteiger partial charge < -0.3 is 15.3 Å². The molecule has 1 saturated heterocycles. The summed E-state index contributed by atoms with van der Waals surface area (Å²) < 4.78 is 0. The summed E-state index contributed by atoms with van der Waals surface area (Å²) in [6.07, 6.45) is 3.65. The molecule has 1 rings (SSSR count). The standard InChI is InChI=1S/C13H24N2O3/c1-4-6-10(3)14-13(18)15-8-5-7-9(2)11(15)12(16)17/h9-11H,4-8H2,1-3H3,(H,14,18)(H,16,17). The molecule has 0 aliphatic carbocycles. The maximum atomic E-state index is 12.1. The zero-order valence-electron chi connectivity index (χ0n) is 11.5. The summed E-state index contributed by atoms with van der Waals surface area (Å²) in [5, 5.41) is 12.1. The molecule has 0 aromatic carbocycles. The molecule has 18 heavy (non-hydrogen) atoms. The highest BCUT2D eigenvalue weighted by Gasteiger charge is 2.37. The van der Waals surface area contributed by atoms with Crippen LogP contribution in [-0.4, -0.2) is 40.6 Å². The summed E-state index contributed by atoms with van der Waals surface area (Å²) in [5.74, 6) is -0.885. The zero-order chi connectivity index (χ0) is 13.7. The Labute approximate surface area is 109 Å².